The summed E-state index contributed by atoms with van der Waals surface area (Å²) in [4.78, 5) is 11.2. The molecule has 0 spiro atoms. The molecular formula is C18H16BrCl2NO4S. The van der Waals surface area contributed by atoms with E-state index in [-0.39, 0.29) is 12.0 Å². The van der Waals surface area contributed by atoms with E-state index in [0.717, 1.165) is 5.56 Å². The van der Waals surface area contributed by atoms with Gasteiger partial charge >= 0.3 is 5.97 Å². The van der Waals surface area contributed by atoms with Gasteiger partial charge in [-0.2, -0.15) is 0 Å². The van der Waals surface area contributed by atoms with E-state index in [4.69, 9.17) is 32.7 Å². The van der Waals surface area contributed by atoms with Gasteiger partial charge in [0.05, 0.1) is 14.9 Å². The second-order valence-corrected chi connectivity index (χ2v) is 8.54. The molecule has 1 fully saturated rings. The molecule has 2 atom stereocenters. The van der Waals surface area contributed by atoms with E-state index >= 15 is 0 Å². The third-order valence-electron chi connectivity index (χ3n) is 3.82. The monoisotopic (exact) mass is 491 g/mol. The Bertz CT molecular complexity index is 839. The average molecular weight is 493 g/mol. The maximum atomic E-state index is 11.2. The molecule has 144 valence electrons. The largest absolute Gasteiger partial charge is 0.488 e. The number of benzene rings is 2. The van der Waals surface area contributed by atoms with Gasteiger partial charge < -0.3 is 14.6 Å². The molecule has 0 aromatic heterocycles. The van der Waals surface area contributed by atoms with Crippen LogP contribution in [0.15, 0.2) is 40.9 Å². The molecular weight excluding hydrogens is 477 g/mol. The summed E-state index contributed by atoms with van der Waals surface area (Å²) in [5.41, 5.74) is 0.792. The van der Waals surface area contributed by atoms with Gasteiger partial charge in [-0.15, -0.1) is 11.8 Å². The second kappa shape index (κ2) is 9.39. The SMILES string of the molecule is O=C(O)C1CSC(c2cc(Cl)cc(Br)c2OCCOc2ccccc2Cl)N1. The normalized spacial score (nSPS) is 19.1. The summed E-state index contributed by atoms with van der Waals surface area (Å²) in [5.74, 6) is 0.800. The van der Waals surface area contributed by atoms with Gasteiger partial charge in [-0.3, -0.25) is 10.1 Å². The predicted octanol–water partition coefficient (Wildman–Crippen LogP) is 5.00. The third kappa shape index (κ3) is 5.23. The number of halogens is 3. The fourth-order valence-electron chi connectivity index (χ4n) is 2.58. The van der Waals surface area contributed by atoms with E-state index in [9.17, 15) is 9.90 Å². The molecule has 3 rings (SSSR count). The summed E-state index contributed by atoms with van der Waals surface area (Å²) in [5, 5.41) is 13.1. The van der Waals surface area contributed by atoms with Crippen molar-refractivity contribution in [1.82, 2.24) is 5.32 Å². The van der Waals surface area contributed by atoms with Crippen LogP contribution in [0.5, 0.6) is 11.5 Å². The topological polar surface area (TPSA) is 67.8 Å². The molecule has 2 aromatic rings. The van der Waals surface area contributed by atoms with E-state index in [1.807, 2.05) is 12.1 Å². The maximum Gasteiger partial charge on any atom is 0.321 e. The molecule has 2 unspecified atom stereocenters. The standard InChI is InChI=1S/C18H16BrCl2NO4S/c19-12-8-10(20)7-11(17-22-14(9-27-17)18(23)24)16(12)26-6-5-25-15-4-2-1-3-13(15)21/h1-4,7-8,14,17,22H,5-6,9H2,(H,23,24). The summed E-state index contributed by atoms with van der Waals surface area (Å²) < 4.78 is 12.3. The molecule has 1 aliphatic heterocycles. The van der Waals surface area contributed by atoms with Crippen LogP contribution < -0.4 is 14.8 Å². The Kier molecular flexibility index (Phi) is 7.16. The number of carboxylic acid groups (broad SMARTS) is 1. The van der Waals surface area contributed by atoms with Crippen molar-refractivity contribution in [3.05, 3.63) is 56.5 Å². The van der Waals surface area contributed by atoms with Crippen molar-refractivity contribution in [3.63, 3.8) is 0 Å². The highest BCUT2D eigenvalue weighted by Gasteiger charge is 2.32. The third-order valence-corrected chi connectivity index (χ3v) is 6.19. The van der Waals surface area contributed by atoms with Crippen LogP contribution in [0.25, 0.3) is 0 Å². The van der Waals surface area contributed by atoms with Crippen molar-refractivity contribution in [1.29, 1.82) is 0 Å². The first-order valence-corrected chi connectivity index (χ1v) is 10.6. The number of rotatable bonds is 7. The first-order valence-electron chi connectivity index (χ1n) is 8.05. The van der Waals surface area contributed by atoms with Gasteiger partial charge in [-0.1, -0.05) is 35.3 Å². The average Bonchev–Trinajstić information content (AvgIpc) is 3.11. The number of hydrogen-bond acceptors (Lipinski definition) is 5. The van der Waals surface area contributed by atoms with E-state index in [2.05, 4.69) is 21.2 Å². The zero-order valence-electron chi connectivity index (χ0n) is 14.0. The van der Waals surface area contributed by atoms with Gasteiger partial charge in [0, 0.05) is 16.3 Å². The van der Waals surface area contributed by atoms with Gasteiger partial charge in [0.2, 0.25) is 0 Å². The number of aliphatic carboxylic acids is 1. The quantitative estimate of drug-likeness (QED) is 0.530. The number of carbonyl (C=O) groups is 1. The lowest BCUT2D eigenvalue weighted by Crippen LogP contribution is -2.33. The summed E-state index contributed by atoms with van der Waals surface area (Å²) in [6, 6.07) is 10.1. The van der Waals surface area contributed by atoms with Gasteiger partial charge in [-0.25, -0.2) is 0 Å². The maximum absolute atomic E-state index is 11.2. The van der Waals surface area contributed by atoms with E-state index < -0.39 is 12.0 Å². The molecule has 1 saturated heterocycles. The highest BCUT2D eigenvalue weighted by atomic mass is 79.9. The Morgan fingerprint density at radius 3 is 2.70 bits per heavy atom. The van der Waals surface area contributed by atoms with Crippen molar-refractivity contribution >= 4 is 56.9 Å². The van der Waals surface area contributed by atoms with Gasteiger partial charge in [0.15, 0.2) is 0 Å². The van der Waals surface area contributed by atoms with Gasteiger partial charge in [0.1, 0.15) is 30.8 Å². The Hall–Kier alpha value is -1.12. The predicted molar refractivity (Wildman–Crippen MR) is 111 cm³/mol. The van der Waals surface area contributed by atoms with Crippen molar-refractivity contribution < 1.29 is 19.4 Å². The molecule has 9 heteroatoms. The molecule has 1 heterocycles. The van der Waals surface area contributed by atoms with Gasteiger partial charge in [-0.05, 0) is 40.2 Å². The minimum absolute atomic E-state index is 0.222. The van der Waals surface area contributed by atoms with Crippen molar-refractivity contribution in [3.8, 4) is 11.5 Å². The molecule has 2 aromatic carbocycles. The zero-order valence-corrected chi connectivity index (χ0v) is 17.9. The van der Waals surface area contributed by atoms with E-state index in [1.54, 1.807) is 24.3 Å². The van der Waals surface area contributed by atoms with Crippen LogP contribution in [0.3, 0.4) is 0 Å². The number of para-hydroxylation sites is 1. The Balaban J connectivity index is 1.68. The van der Waals surface area contributed by atoms with Crippen molar-refractivity contribution in [2.75, 3.05) is 19.0 Å². The van der Waals surface area contributed by atoms with E-state index in [0.29, 0.717) is 38.4 Å². The number of nitrogens with one attached hydrogen (secondary N) is 1. The van der Waals surface area contributed by atoms with Crippen LogP contribution in [0.2, 0.25) is 10.0 Å². The van der Waals surface area contributed by atoms with Crippen LogP contribution >= 0.6 is 50.9 Å². The zero-order chi connectivity index (χ0) is 19.4. The Labute approximate surface area is 179 Å². The molecule has 1 aliphatic rings. The first-order chi connectivity index (χ1) is 13.0. The lowest BCUT2D eigenvalue weighted by atomic mass is 10.2. The number of carboxylic acids is 1. The molecule has 5 nitrogen and oxygen atoms in total. The van der Waals surface area contributed by atoms with Gasteiger partial charge in [0.25, 0.3) is 0 Å². The summed E-state index contributed by atoms with van der Waals surface area (Å²) in [7, 11) is 0. The summed E-state index contributed by atoms with van der Waals surface area (Å²) >= 11 is 17.2. The van der Waals surface area contributed by atoms with Crippen LogP contribution in [-0.2, 0) is 4.79 Å². The number of thioether (sulfide) groups is 1. The molecule has 0 bridgehead atoms. The summed E-state index contributed by atoms with van der Waals surface area (Å²) in [6.45, 7) is 0.597. The molecule has 2 N–H and O–H groups in total. The minimum atomic E-state index is -0.873. The second-order valence-electron chi connectivity index (χ2n) is 5.70. The Morgan fingerprint density at radius 2 is 2.00 bits per heavy atom. The number of hydrogen-bond donors (Lipinski definition) is 2. The van der Waals surface area contributed by atoms with E-state index in [1.165, 1.54) is 11.8 Å². The van der Waals surface area contributed by atoms with Crippen molar-refractivity contribution in [2.45, 2.75) is 11.4 Å². The van der Waals surface area contributed by atoms with Crippen LogP contribution in [-0.4, -0.2) is 36.1 Å². The molecule has 0 saturated carbocycles. The smallest absolute Gasteiger partial charge is 0.321 e. The molecule has 0 radical (unpaired) electrons. The lowest BCUT2D eigenvalue weighted by molar-refractivity contribution is -0.138. The Morgan fingerprint density at radius 1 is 1.26 bits per heavy atom. The fourth-order valence-corrected chi connectivity index (χ4v) is 4.96. The molecule has 27 heavy (non-hydrogen) atoms. The molecule has 0 aliphatic carbocycles. The minimum Gasteiger partial charge on any atom is -0.488 e. The lowest BCUT2D eigenvalue weighted by Gasteiger charge is -2.19. The fraction of sp³-hybridized carbons (Fsp3) is 0.278. The van der Waals surface area contributed by atoms with Crippen LogP contribution in [0, 0.1) is 0 Å². The molecule has 0 amide bonds. The van der Waals surface area contributed by atoms with Crippen molar-refractivity contribution in [2.24, 2.45) is 0 Å². The highest BCUT2D eigenvalue weighted by Crippen LogP contribution is 2.42. The number of ether oxygens (including phenoxy) is 2. The summed E-state index contributed by atoms with van der Waals surface area (Å²) in [6.07, 6.45) is 0. The van der Waals surface area contributed by atoms with Crippen LogP contribution in [0.4, 0.5) is 0 Å². The highest BCUT2D eigenvalue weighted by molar-refractivity contribution is 9.10. The first kappa shape index (κ1) is 20.6. The van der Waals surface area contributed by atoms with Crippen LogP contribution in [0.1, 0.15) is 10.9 Å².